The normalized spacial score (nSPS) is 11.9. The van der Waals surface area contributed by atoms with Crippen LogP contribution in [0.25, 0.3) is 0 Å². The van der Waals surface area contributed by atoms with Crippen LogP contribution >= 0.6 is 0 Å². The van der Waals surface area contributed by atoms with E-state index in [9.17, 15) is 12.8 Å². The molecule has 1 aromatic heterocycles. The average Bonchev–Trinajstić information content (AvgIpc) is 2.59. The van der Waals surface area contributed by atoms with Gasteiger partial charge in [0.2, 0.25) is 15.9 Å². The fourth-order valence-electron chi connectivity index (χ4n) is 2.20. The lowest BCUT2D eigenvalue weighted by molar-refractivity contribution is 0.326. The SMILES string of the molecule is COc1ccc(S(=O)(=O)N(CCN(C)C)Cc2ccccc2F)cn1. The zero-order valence-electron chi connectivity index (χ0n) is 14.5. The summed E-state index contributed by atoms with van der Waals surface area (Å²) in [5.74, 6) is -0.103. The largest absolute Gasteiger partial charge is 0.481 e. The summed E-state index contributed by atoms with van der Waals surface area (Å²) in [6, 6.07) is 9.08. The lowest BCUT2D eigenvalue weighted by Gasteiger charge is -2.24. The maximum atomic E-state index is 14.0. The number of methoxy groups -OCH3 is 1. The molecule has 0 fully saturated rings. The molecule has 0 aliphatic rings. The van der Waals surface area contributed by atoms with Crippen LogP contribution in [0.4, 0.5) is 4.39 Å². The molecule has 8 heteroatoms. The third kappa shape index (κ3) is 4.97. The molecule has 0 saturated carbocycles. The molecule has 25 heavy (non-hydrogen) atoms. The molecule has 6 nitrogen and oxygen atoms in total. The molecule has 0 aliphatic carbocycles. The Balaban J connectivity index is 2.33. The number of aromatic nitrogens is 1. The third-order valence-electron chi connectivity index (χ3n) is 3.66. The van der Waals surface area contributed by atoms with Crippen molar-refractivity contribution in [3.8, 4) is 5.88 Å². The van der Waals surface area contributed by atoms with E-state index in [0.717, 1.165) is 0 Å². The number of hydrogen-bond donors (Lipinski definition) is 0. The Morgan fingerprint density at radius 1 is 1.12 bits per heavy atom. The molecule has 0 radical (unpaired) electrons. The van der Waals surface area contributed by atoms with Gasteiger partial charge in [-0.3, -0.25) is 0 Å². The van der Waals surface area contributed by atoms with Gasteiger partial charge in [0.25, 0.3) is 0 Å². The number of ether oxygens (including phenoxy) is 1. The average molecular weight is 367 g/mol. The van der Waals surface area contributed by atoms with E-state index in [4.69, 9.17) is 4.74 Å². The molecule has 0 aliphatic heterocycles. The Kier molecular flexibility index (Phi) is 6.46. The van der Waals surface area contributed by atoms with Crippen molar-refractivity contribution in [2.75, 3.05) is 34.3 Å². The molecule has 136 valence electrons. The van der Waals surface area contributed by atoms with Crippen LogP contribution in [0.2, 0.25) is 0 Å². The highest BCUT2D eigenvalue weighted by Crippen LogP contribution is 2.20. The van der Waals surface area contributed by atoms with Gasteiger partial charge in [-0.15, -0.1) is 0 Å². The van der Waals surface area contributed by atoms with E-state index in [0.29, 0.717) is 18.0 Å². The van der Waals surface area contributed by atoms with Crippen molar-refractivity contribution in [2.24, 2.45) is 0 Å². The number of likely N-dealkylation sites (N-methyl/N-ethyl adjacent to an activating group) is 1. The van der Waals surface area contributed by atoms with Crippen molar-refractivity contribution in [3.05, 3.63) is 54.0 Å². The Morgan fingerprint density at radius 3 is 2.40 bits per heavy atom. The van der Waals surface area contributed by atoms with E-state index in [1.807, 2.05) is 19.0 Å². The summed E-state index contributed by atoms with van der Waals surface area (Å²) in [5.41, 5.74) is 0.325. The monoisotopic (exact) mass is 367 g/mol. The maximum absolute atomic E-state index is 14.0. The summed E-state index contributed by atoms with van der Waals surface area (Å²) < 4.78 is 46.1. The minimum Gasteiger partial charge on any atom is -0.481 e. The van der Waals surface area contributed by atoms with Gasteiger partial charge in [0.05, 0.1) is 13.3 Å². The summed E-state index contributed by atoms with van der Waals surface area (Å²) in [4.78, 5) is 5.87. The molecule has 0 unspecified atom stereocenters. The molecule has 1 heterocycles. The number of sulfonamides is 1. The molecule has 1 aromatic carbocycles. The molecule has 0 amide bonds. The number of nitrogens with zero attached hydrogens (tertiary/aromatic N) is 3. The van der Waals surface area contributed by atoms with Crippen LogP contribution in [0, 0.1) is 5.82 Å². The van der Waals surface area contributed by atoms with Crippen LogP contribution in [-0.4, -0.2) is 56.9 Å². The summed E-state index contributed by atoms with van der Waals surface area (Å²) in [7, 11) is 1.34. The van der Waals surface area contributed by atoms with Crippen LogP contribution in [-0.2, 0) is 16.6 Å². The highest BCUT2D eigenvalue weighted by Gasteiger charge is 2.26. The molecule has 0 N–H and O–H groups in total. The second kappa shape index (κ2) is 8.37. The number of pyridine rings is 1. The lowest BCUT2D eigenvalue weighted by Crippen LogP contribution is -2.36. The van der Waals surface area contributed by atoms with Gasteiger partial charge in [0.1, 0.15) is 10.7 Å². The minimum absolute atomic E-state index is 0.0448. The topological polar surface area (TPSA) is 62.7 Å². The van der Waals surface area contributed by atoms with E-state index < -0.39 is 15.8 Å². The van der Waals surface area contributed by atoms with E-state index in [1.165, 1.54) is 35.8 Å². The summed E-state index contributed by atoms with van der Waals surface area (Å²) in [5, 5.41) is 0. The Morgan fingerprint density at radius 2 is 1.84 bits per heavy atom. The van der Waals surface area contributed by atoms with Crippen molar-refractivity contribution >= 4 is 10.0 Å². The smallest absolute Gasteiger partial charge is 0.244 e. The van der Waals surface area contributed by atoms with Gasteiger partial charge < -0.3 is 9.64 Å². The number of hydrogen-bond acceptors (Lipinski definition) is 5. The zero-order valence-corrected chi connectivity index (χ0v) is 15.3. The first-order valence-electron chi connectivity index (χ1n) is 7.73. The Bertz CT molecular complexity index is 795. The van der Waals surface area contributed by atoms with Crippen molar-refractivity contribution in [1.82, 2.24) is 14.2 Å². The van der Waals surface area contributed by atoms with E-state index >= 15 is 0 Å². The number of benzene rings is 1. The van der Waals surface area contributed by atoms with Crippen molar-refractivity contribution in [3.63, 3.8) is 0 Å². The van der Waals surface area contributed by atoms with Gasteiger partial charge >= 0.3 is 0 Å². The standard InChI is InChI=1S/C17H22FN3O3S/c1-20(2)10-11-21(13-14-6-4-5-7-16(14)18)25(22,23)15-8-9-17(24-3)19-12-15/h4-9,12H,10-11,13H2,1-3H3. The first-order chi connectivity index (χ1) is 11.8. The second-order valence-corrected chi connectivity index (χ2v) is 7.71. The van der Waals surface area contributed by atoms with Crippen LogP contribution in [0.1, 0.15) is 5.56 Å². The molecule has 2 rings (SSSR count). The fourth-order valence-corrected chi connectivity index (χ4v) is 3.56. The van der Waals surface area contributed by atoms with Gasteiger partial charge in [0.15, 0.2) is 0 Å². The summed E-state index contributed by atoms with van der Waals surface area (Å²) in [6.45, 7) is 0.696. The molecule has 0 spiro atoms. The highest BCUT2D eigenvalue weighted by atomic mass is 32.2. The quantitative estimate of drug-likeness (QED) is 0.714. The van der Waals surface area contributed by atoms with Gasteiger partial charge in [0, 0.05) is 31.3 Å². The summed E-state index contributed by atoms with van der Waals surface area (Å²) in [6.07, 6.45) is 1.25. The summed E-state index contributed by atoms with van der Waals surface area (Å²) >= 11 is 0. The fraction of sp³-hybridized carbons (Fsp3) is 0.353. The van der Waals surface area contributed by atoms with E-state index in [-0.39, 0.29) is 18.0 Å². The van der Waals surface area contributed by atoms with Crippen molar-refractivity contribution in [1.29, 1.82) is 0 Å². The maximum Gasteiger partial charge on any atom is 0.244 e. The lowest BCUT2D eigenvalue weighted by atomic mass is 10.2. The minimum atomic E-state index is -3.81. The van der Waals surface area contributed by atoms with E-state index in [2.05, 4.69) is 4.98 Å². The van der Waals surface area contributed by atoms with E-state index in [1.54, 1.807) is 18.2 Å². The highest BCUT2D eigenvalue weighted by molar-refractivity contribution is 7.89. The number of halogens is 1. The van der Waals surface area contributed by atoms with Gasteiger partial charge in [-0.25, -0.2) is 17.8 Å². The van der Waals surface area contributed by atoms with Crippen LogP contribution < -0.4 is 4.74 Å². The van der Waals surface area contributed by atoms with Gasteiger partial charge in [-0.1, -0.05) is 18.2 Å². The van der Waals surface area contributed by atoms with Crippen molar-refractivity contribution < 1.29 is 17.5 Å². The zero-order chi connectivity index (χ0) is 18.4. The molecular formula is C17H22FN3O3S. The predicted molar refractivity (Wildman–Crippen MR) is 93.3 cm³/mol. The first-order valence-corrected chi connectivity index (χ1v) is 9.17. The number of rotatable bonds is 8. The second-order valence-electron chi connectivity index (χ2n) is 5.77. The van der Waals surface area contributed by atoms with Gasteiger partial charge in [-0.05, 0) is 26.2 Å². The molecule has 0 atom stereocenters. The van der Waals surface area contributed by atoms with Crippen LogP contribution in [0.3, 0.4) is 0 Å². The predicted octanol–water partition coefficient (Wildman–Crippen LogP) is 1.98. The molecule has 2 aromatic rings. The first kappa shape index (κ1) is 19.3. The van der Waals surface area contributed by atoms with Gasteiger partial charge in [-0.2, -0.15) is 4.31 Å². The molecule has 0 saturated heterocycles. The molecular weight excluding hydrogens is 345 g/mol. The Labute approximate surface area is 147 Å². The molecule has 0 bridgehead atoms. The van der Waals surface area contributed by atoms with Crippen LogP contribution in [0.5, 0.6) is 5.88 Å². The Hall–Kier alpha value is -2.03. The van der Waals surface area contributed by atoms with Crippen molar-refractivity contribution in [2.45, 2.75) is 11.4 Å². The third-order valence-corrected chi connectivity index (χ3v) is 5.49. The van der Waals surface area contributed by atoms with Crippen LogP contribution in [0.15, 0.2) is 47.5 Å².